The molecule has 0 aliphatic rings. The smallest absolute Gasteiger partial charge is 0.245 e. The van der Waals surface area contributed by atoms with Crippen LogP contribution in [0, 0.1) is 0 Å². The van der Waals surface area contributed by atoms with Crippen LogP contribution in [0.15, 0.2) is 12.7 Å². The SMILES string of the molecule is C=CC(=O)N(CCCC)CCCCCCCCCCCC. The normalized spacial score (nSPS) is 10.6. The highest BCUT2D eigenvalue weighted by Crippen LogP contribution is 2.11. The van der Waals surface area contributed by atoms with Crippen LogP contribution in [-0.2, 0) is 4.79 Å². The standard InChI is InChI=1S/C19H37NO/c1-4-7-9-10-11-12-13-14-15-16-18-20(17-8-5-2)19(21)6-3/h6H,3-5,7-18H2,1-2H3. The molecule has 0 atom stereocenters. The zero-order valence-corrected chi connectivity index (χ0v) is 14.5. The van der Waals surface area contributed by atoms with Gasteiger partial charge in [-0.3, -0.25) is 4.79 Å². The van der Waals surface area contributed by atoms with Crippen molar-refractivity contribution in [2.45, 2.75) is 90.9 Å². The van der Waals surface area contributed by atoms with Gasteiger partial charge >= 0.3 is 0 Å². The average Bonchev–Trinajstić information content (AvgIpc) is 2.51. The molecule has 0 rings (SSSR count). The van der Waals surface area contributed by atoms with Crippen LogP contribution in [0.3, 0.4) is 0 Å². The van der Waals surface area contributed by atoms with E-state index in [1.807, 2.05) is 4.90 Å². The van der Waals surface area contributed by atoms with E-state index in [2.05, 4.69) is 20.4 Å². The van der Waals surface area contributed by atoms with Gasteiger partial charge in [0.1, 0.15) is 0 Å². The zero-order valence-electron chi connectivity index (χ0n) is 14.5. The lowest BCUT2D eigenvalue weighted by atomic mass is 10.1. The minimum absolute atomic E-state index is 0.0966. The van der Waals surface area contributed by atoms with Crippen molar-refractivity contribution in [2.75, 3.05) is 13.1 Å². The van der Waals surface area contributed by atoms with E-state index in [4.69, 9.17) is 0 Å². The highest BCUT2D eigenvalue weighted by Gasteiger charge is 2.08. The van der Waals surface area contributed by atoms with Crippen LogP contribution in [0.1, 0.15) is 90.9 Å². The number of nitrogens with zero attached hydrogens (tertiary/aromatic N) is 1. The van der Waals surface area contributed by atoms with Crippen LogP contribution in [0.25, 0.3) is 0 Å². The molecule has 0 unspecified atom stereocenters. The second kappa shape index (κ2) is 15.6. The molecule has 0 aromatic heterocycles. The summed E-state index contributed by atoms with van der Waals surface area (Å²) in [6, 6.07) is 0. The van der Waals surface area contributed by atoms with Crippen molar-refractivity contribution in [2.24, 2.45) is 0 Å². The Morgan fingerprint density at radius 2 is 1.19 bits per heavy atom. The third-order valence-electron chi connectivity index (χ3n) is 4.05. The van der Waals surface area contributed by atoms with Gasteiger partial charge in [-0.15, -0.1) is 0 Å². The van der Waals surface area contributed by atoms with Gasteiger partial charge in [-0.2, -0.15) is 0 Å². The number of carbonyl (C=O) groups is 1. The molecule has 0 fully saturated rings. The maximum Gasteiger partial charge on any atom is 0.245 e. The number of hydrogen-bond donors (Lipinski definition) is 0. The Morgan fingerprint density at radius 1 is 0.762 bits per heavy atom. The van der Waals surface area contributed by atoms with E-state index < -0.39 is 0 Å². The molecule has 21 heavy (non-hydrogen) atoms. The van der Waals surface area contributed by atoms with Gasteiger partial charge in [0.2, 0.25) is 5.91 Å². The first-order valence-electron chi connectivity index (χ1n) is 9.17. The van der Waals surface area contributed by atoms with Gasteiger partial charge in [0, 0.05) is 13.1 Å². The molecule has 0 N–H and O–H groups in total. The molecule has 1 amide bonds. The average molecular weight is 296 g/mol. The van der Waals surface area contributed by atoms with E-state index >= 15 is 0 Å². The molecule has 2 heteroatoms. The molecule has 124 valence electrons. The van der Waals surface area contributed by atoms with Crippen LogP contribution < -0.4 is 0 Å². The first-order chi connectivity index (χ1) is 10.3. The van der Waals surface area contributed by atoms with Gasteiger partial charge in [0.25, 0.3) is 0 Å². The van der Waals surface area contributed by atoms with E-state index in [0.717, 1.165) is 32.4 Å². The van der Waals surface area contributed by atoms with Crippen LogP contribution in [0.4, 0.5) is 0 Å². The Bertz CT molecular complexity index is 250. The Hall–Kier alpha value is -0.790. The molecular weight excluding hydrogens is 258 g/mol. The maximum absolute atomic E-state index is 11.7. The summed E-state index contributed by atoms with van der Waals surface area (Å²) in [5, 5.41) is 0. The summed E-state index contributed by atoms with van der Waals surface area (Å²) >= 11 is 0. The highest BCUT2D eigenvalue weighted by atomic mass is 16.2. The second-order valence-corrected chi connectivity index (χ2v) is 6.06. The van der Waals surface area contributed by atoms with E-state index in [1.54, 1.807) is 0 Å². The van der Waals surface area contributed by atoms with Gasteiger partial charge in [0.05, 0.1) is 0 Å². The first kappa shape index (κ1) is 20.2. The van der Waals surface area contributed by atoms with Gasteiger partial charge in [-0.05, 0) is 18.9 Å². The lowest BCUT2D eigenvalue weighted by Gasteiger charge is -2.20. The number of carbonyl (C=O) groups excluding carboxylic acids is 1. The summed E-state index contributed by atoms with van der Waals surface area (Å²) < 4.78 is 0. The van der Waals surface area contributed by atoms with Crippen LogP contribution >= 0.6 is 0 Å². The first-order valence-corrected chi connectivity index (χ1v) is 9.17. The lowest BCUT2D eigenvalue weighted by molar-refractivity contribution is -0.126. The molecule has 2 nitrogen and oxygen atoms in total. The monoisotopic (exact) mass is 295 g/mol. The molecule has 0 aliphatic heterocycles. The largest absolute Gasteiger partial charge is 0.339 e. The predicted octanol–water partition coefficient (Wildman–Crippen LogP) is 5.72. The molecule has 0 saturated carbocycles. The minimum Gasteiger partial charge on any atom is -0.339 e. The fourth-order valence-electron chi connectivity index (χ4n) is 2.60. The molecule has 0 bridgehead atoms. The van der Waals surface area contributed by atoms with E-state index in [9.17, 15) is 4.79 Å². The lowest BCUT2D eigenvalue weighted by Crippen LogP contribution is -2.31. The predicted molar refractivity (Wildman–Crippen MR) is 93.5 cm³/mol. The Balaban J connectivity index is 3.49. The number of rotatable bonds is 15. The van der Waals surface area contributed by atoms with Crippen molar-refractivity contribution >= 4 is 5.91 Å². The minimum atomic E-state index is 0.0966. The molecule has 0 saturated heterocycles. The Labute approximate surface area is 133 Å². The van der Waals surface area contributed by atoms with E-state index in [-0.39, 0.29) is 5.91 Å². The quantitative estimate of drug-likeness (QED) is 0.279. The van der Waals surface area contributed by atoms with Crippen molar-refractivity contribution in [1.82, 2.24) is 4.90 Å². The number of amides is 1. The third kappa shape index (κ3) is 12.6. The highest BCUT2D eigenvalue weighted by molar-refractivity contribution is 5.86. The van der Waals surface area contributed by atoms with E-state index in [1.165, 1.54) is 63.9 Å². The summed E-state index contributed by atoms with van der Waals surface area (Å²) in [7, 11) is 0. The van der Waals surface area contributed by atoms with E-state index in [0.29, 0.717) is 0 Å². The molecule has 0 spiro atoms. The molecule has 0 aromatic rings. The molecule has 0 heterocycles. The summed E-state index contributed by atoms with van der Waals surface area (Å²) in [5.74, 6) is 0.0966. The topological polar surface area (TPSA) is 20.3 Å². The van der Waals surface area contributed by atoms with Gasteiger partial charge < -0.3 is 4.90 Å². The van der Waals surface area contributed by atoms with Crippen molar-refractivity contribution in [3.05, 3.63) is 12.7 Å². The van der Waals surface area contributed by atoms with Crippen LogP contribution in [0.2, 0.25) is 0 Å². The maximum atomic E-state index is 11.7. The summed E-state index contributed by atoms with van der Waals surface area (Å²) in [4.78, 5) is 13.7. The van der Waals surface area contributed by atoms with Crippen molar-refractivity contribution < 1.29 is 4.79 Å². The fraction of sp³-hybridized carbons (Fsp3) is 0.842. The van der Waals surface area contributed by atoms with Crippen molar-refractivity contribution in [3.8, 4) is 0 Å². The van der Waals surface area contributed by atoms with Crippen LogP contribution in [0.5, 0.6) is 0 Å². The number of hydrogen-bond acceptors (Lipinski definition) is 1. The summed E-state index contributed by atoms with van der Waals surface area (Å²) in [5.41, 5.74) is 0. The van der Waals surface area contributed by atoms with Crippen molar-refractivity contribution in [1.29, 1.82) is 0 Å². The fourth-order valence-corrected chi connectivity index (χ4v) is 2.60. The third-order valence-corrected chi connectivity index (χ3v) is 4.05. The van der Waals surface area contributed by atoms with Gasteiger partial charge in [0.15, 0.2) is 0 Å². The zero-order chi connectivity index (χ0) is 15.8. The van der Waals surface area contributed by atoms with Crippen molar-refractivity contribution in [3.63, 3.8) is 0 Å². The van der Waals surface area contributed by atoms with Gasteiger partial charge in [-0.25, -0.2) is 0 Å². The Kier molecular flexibility index (Phi) is 15.0. The summed E-state index contributed by atoms with van der Waals surface area (Å²) in [6.45, 7) is 9.82. The molecule has 0 aliphatic carbocycles. The van der Waals surface area contributed by atoms with Gasteiger partial charge in [-0.1, -0.05) is 84.6 Å². The summed E-state index contributed by atoms with van der Waals surface area (Å²) in [6.07, 6.45) is 17.1. The Morgan fingerprint density at radius 3 is 1.67 bits per heavy atom. The number of unbranched alkanes of at least 4 members (excludes halogenated alkanes) is 10. The second-order valence-electron chi connectivity index (χ2n) is 6.06. The van der Waals surface area contributed by atoms with Crippen LogP contribution in [-0.4, -0.2) is 23.9 Å². The molecular formula is C19H37NO. The molecule has 0 aromatic carbocycles. The molecule has 0 radical (unpaired) electrons.